The molecule has 2 nitrogen and oxygen atoms in total. The molecule has 3 rings (SSSR count). The first kappa shape index (κ1) is 13.6. The Morgan fingerprint density at radius 2 is 1.86 bits per heavy atom. The number of fused-ring (bicyclic) bond motifs is 1. The van der Waals surface area contributed by atoms with Crippen molar-refractivity contribution >= 4 is 16.7 Å². The predicted molar refractivity (Wildman–Crippen MR) is 81.9 cm³/mol. The summed E-state index contributed by atoms with van der Waals surface area (Å²) in [5, 5.41) is 1.02. The second kappa shape index (κ2) is 5.92. The van der Waals surface area contributed by atoms with Crippen molar-refractivity contribution in [3.8, 4) is 0 Å². The third-order valence-corrected chi connectivity index (χ3v) is 3.63. The van der Waals surface area contributed by atoms with Crippen LogP contribution in [0.15, 0.2) is 60.8 Å². The molecule has 0 amide bonds. The lowest BCUT2D eigenvalue weighted by Gasteiger charge is -2.05. The molecule has 1 aromatic heterocycles. The number of aromatic nitrogens is 1. The van der Waals surface area contributed by atoms with E-state index >= 15 is 0 Å². The first-order chi connectivity index (χ1) is 10.2. The van der Waals surface area contributed by atoms with Gasteiger partial charge in [0.2, 0.25) is 0 Å². The van der Waals surface area contributed by atoms with Crippen molar-refractivity contribution in [3.63, 3.8) is 0 Å². The standard InChI is InChI=1S/C18H16FNO/c19-16-9-8-14-10-12-20(17(14)13-16)11-4-7-18(21)15-5-2-1-3-6-15/h1-3,5-6,8-10,12-13H,4,7,11H2. The van der Waals surface area contributed by atoms with Gasteiger partial charge in [0.1, 0.15) is 5.82 Å². The van der Waals surface area contributed by atoms with Crippen LogP contribution >= 0.6 is 0 Å². The number of carbonyl (C=O) groups is 1. The van der Waals surface area contributed by atoms with Crippen molar-refractivity contribution in [1.82, 2.24) is 4.57 Å². The predicted octanol–water partition coefficient (Wildman–Crippen LogP) is 4.44. The van der Waals surface area contributed by atoms with Crippen molar-refractivity contribution < 1.29 is 9.18 Å². The van der Waals surface area contributed by atoms with Gasteiger partial charge in [-0.1, -0.05) is 30.3 Å². The Hall–Kier alpha value is -2.42. The molecule has 0 bridgehead atoms. The summed E-state index contributed by atoms with van der Waals surface area (Å²) in [6.07, 6.45) is 3.18. The fourth-order valence-corrected chi connectivity index (χ4v) is 2.53. The number of hydrogen-bond donors (Lipinski definition) is 0. The minimum atomic E-state index is -0.234. The number of halogens is 1. The highest BCUT2D eigenvalue weighted by Crippen LogP contribution is 2.18. The van der Waals surface area contributed by atoms with Gasteiger partial charge in [-0.25, -0.2) is 4.39 Å². The molecule has 3 aromatic rings. The Labute approximate surface area is 122 Å². The summed E-state index contributed by atoms with van der Waals surface area (Å²) in [7, 11) is 0. The maximum absolute atomic E-state index is 13.3. The average Bonchev–Trinajstić information content (AvgIpc) is 2.90. The normalized spacial score (nSPS) is 10.9. The Morgan fingerprint density at radius 1 is 1.05 bits per heavy atom. The zero-order chi connectivity index (χ0) is 14.7. The van der Waals surface area contributed by atoms with Crippen LogP contribution in [0.1, 0.15) is 23.2 Å². The van der Waals surface area contributed by atoms with Crippen LogP contribution in [0.2, 0.25) is 0 Å². The van der Waals surface area contributed by atoms with Crippen LogP contribution in [-0.4, -0.2) is 10.4 Å². The van der Waals surface area contributed by atoms with E-state index in [4.69, 9.17) is 0 Å². The summed E-state index contributed by atoms with van der Waals surface area (Å²) >= 11 is 0. The van der Waals surface area contributed by atoms with Crippen molar-refractivity contribution in [1.29, 1.82) is 0 Å². The van der Waals surface area contributed by atoms with Gasteiger partial charge in [-0.2, -0.15) is 0 Å². The van der Waals surface area contributed by atoms with Gasteiger partial charge in [-0.15, -0.1) is 0 Å². The number of benzene rings is 2. The van der Waals surface area contributed by atoms with Crippen molar-refractivity contribution in [2.75, 3.05) is 0 Å². The molecule has 0 aliphatic heterocycles. The Morgan fingerprint density at radius 3 is 2.67 bits per heavy atom. The zero-order valence-corrected chi connectivity index (χ0v) is 11.6. The highest BCUT2D eigenvalue weighted by Gasteiger charge is 2.06. The Balaban J connectivity index is 1.65. The van der Waals surface area contributed by atoms with Crippen LogP contribution in [0.4, 0.5) is 4.39 Å². The summed E-state index contributed by atoms with van der Waals surface area (Å²) < 4.78 is 15.3. The van der Waals surface area contributed by atoms with E-state index in [-0.39, 0.29) is 11.6 Å². The molecular weight excluding hydrogens is 265 g/mol. The monoisotopic (exact) mass is 281 g/mol. The maximum atomic E-state index is 13.3. The highest BCUT2D eigenvalue weighted by molar-refractivity contribution is 5.95. The van der Waals surface area contributed by atoms with Gasteiger partial charge < -0.3 is 4.57 Å². The molecule has 0 aliphatic carbocycles. The van der Waals surface area contributed by atoms with E-state index in [2.05, 4.69) is 0 Å². The number of Topliss-reactive ketones (excluding diaryl/α,β-unsaturated/α-hetero) is 1. The molecule has 0 aliphatic rings. The highest BCUT2D eigenvalue weighted by atomic mass is 19.1. The van der Waals surface area contributed by atoms with Gasteiger partial charge in [0.05, 0.1) is 5.52 Å². The molecular formula is C18H16FNO. The number of ketones is 1. The van der Waals surface area contributed by atoms with Crippen LogP contribution in [0.5, 0.6) is 0 Å². The largest absolute Gasteiger partial charge is 0.347 e. The minimum Gasteiger partial charge on any atom is -0.347 e. The molecule has 1 heterocycles. The minimum absolute atomic E-state index is 0.151. The first-order valence-corrected chi connectivity index (χ1v) is 7.07. The van der Waals surface area contributed by atoms with Crippen LogP contribution in [0.3, 0.4) is 0 Å². The molecule has 0 unspecified atom stereocenters. The molecule has 106 valence electrons. The van der Waals surface area contributed by atoms with E-state index in [9.17, 15) is 9.18 Å². The number of aryl methyl sites for hydroxylation is 1. The molecule has 0 saturated heterocycles. The second-order valence-corrected chi connectivity index (χ2v) is 5.11. The fourth-order valence-electron chi connectivity index (χ4n) is 2.53. The quantitative estimate of drug-likeness (QED) is 0.633. The molecule has 3 heteroatoms. The van der Waals surface area contributed by atoms with E-state index in [1.165, 1.54) is 12.1 Å². The van der Waals surface area contributed by atoms with Gasteiger partial charge in [-0.3, -0.25) is 4.79 Å². The summed E-state index contributed by atoms with van der Waals surface area (Å²) in [5.41, 5.74) is 1.63. The van der Waals surface area contributed by atoms with E-state index in [0.717, 1.165) is 22.9 Å². The lowest BCUT2D eigenvalue weighted by molar-refractivity contribution is 0.0978. The molecule has 0 atom stereocenters. The van der Waals surface area contributed by atoms with Crippen molar-refractivity contribution in [2.24, 2.45) is 0 Å². The van der Waals surface area contributed by atoms with Crippen LogP contribution in [0.25, 0.3) is 10.9 Å². The summed E-state index contributed by atoms with van der Waals surface area (Å²) in [4.78, 5) is 12.0. The van der Waals surface area contributed by atoms with Crippen LogP contribution in [-0.2, 0) is 6.54 Å². The van der Waals surface area contributed by atoms with Crippen LogP contribution < -0.4 is 0 Å². The first-order valence-electron chi connectivity index (χ1n) is 7.07. The van der Waals surface area contributed by atoms with Gasteiger partial charge >= 0.3 is 0 Å². The molecule has 0 fully saturated rings. The van der Waals surface area contributed by atoms with E-state index in [0.29, 0.717) is 13.0 Å². The smallest absolute Gasteiger partial charge is 0.162 e. The van der Waals surface area contributed by atoms with Crippen LogP contribution in [0, 0.1) is 5.82 Å². The summed E-state index contributed by atoms with van der Waals surface area (Å²) in [6, 6.07) is 16.1. The maximum Gasteiger partial charge on any atom is 0.162 e. The third kappa shape index (κ3) is 3.02. The molecule has 0 N–H and O–H groups in total. The zero-order valence-electron chi connectivity index (χ0n) is 11.6. The van der Waals surface area contributed by atoms with Crippen molar-refractivity contribution in [2.45, 2.75) is 19.4 Å². The van der Waals surface area contributed by atoms with Gasteiger partial charge in [0.15, 0.2) is 5.78 Å². The summed E-state index contributed by atoms with van der Waals surface area (Å²) in [5.74, 6) is -0.0824. The summed E-state index contributed by atoms with van der Waals surface area (Å²) in [6.45, 7) is 0.714. The average molecular weight is 281 g/mol. The number of rotatable bonds is 5. The second-order valence-electron chi connectivity index (χ2n) is 5.11. The van der Waals surface area contributed by atoms with E-state index < -0.39 is 0 Å². The lowest BCUT2D eigenvalue weighted by Crippen LogP contribution is -2.02. The number of hydrogen-bond acceptors (Lipinski definition) is 1. The number of nitrogens with zero attached hydrogens (tertiary/aromatic N) is 1. The Kier molecular flexibility index (Phi) is 3.82. The molecule has 0 radical (unpaired) electrons. The third-order valence-electron chi connectivity index (χ3n) is 3.63. The van der Waals surface area contributed by atoms with Crippen molar-refractivity contribution in [3.05, 3.63) is 72.2 Å². The van der Waals surface area contributed by atoms with Gasteiger partial charge in [0.25, 0.3) is 0 Å². The molecule has 0 spiro atoms. The lowest BCUT2D eigenvalue weighted by atomic mass is 10.1. The van der Waals surface area contributed by atoms with E-state index in [1.54, 1.807) is 6.07 Å². The Bertz CT molecular complexity index is 761. The molecule has 21 heavy (non-hydrogen) atoms. The van der Waals surface area contributed by atoms with Gasteiger partial charge in [-0.05, 0) is 36.1 Å². The van der Waals surface area contributed by atoms with Gasteiger partial charge in [0, 0.05) is 24.7 Å². The SMILES string of the molecule is O=C(CCCn1ccc2ccc(F)cc21)c1ccccc1. The topological polar surface area (TPSA) is 22.0 Å². The van der Waals surface area contributed by atoms with E-state index in [1.807, 2.05) is 47.2 Å². The number of carbonyl (C=O) groups excluding carboxylic acids is 1. The fraction of sp³-hybridized carbons (Fsp3) is 0.167. The molecule has 0 saturated carbocycles. The molecule has 2 aromatic carbocycles.